The first-order chi connectivity index (χ1) is 15.7. The lowest BCUT2D eigenvalue weighted by atomic mass is 10.1. The molecule has 33 heavy (non-hydrogen) atoms. The second kappa shape index (κ2) is 10.5. The molecule has 172 valence electrons. The lowest BCUT2D eigenvalue weighted by Gasteiger charge is -2.10. The minimum absolute atomic E-state index is 0.0865. The lowest BCUT2D eigenvalue weighted by Crippen LogP contribution is -2.14. The smallest absolute Gasteiger partial charge is 0.161 e. The molecule has 1 aromatic heterocycles. The number of halogens is 1. The number of nitrogens with zero attached hydrogens (tertiary/aromatic N) is 2. The number of nitrogens with two attached hydrogens (primary N) is 1. The van der Waals surface area contributed by atoms with Gasteiger partial charge in [0, 0.05) is 17.1 Å². The topological polar surface area (TPSA) is 69.6 Å². The van der Waals surface area contributed by atoms with Crippen LogP contribution in [-0.4, -0.2) is 16.1 Å². The highest BCUT2D eigenvalue weighted by Gasteiger charge is 2.16. The van der Waals surface area contributed by atoms with Crippen molar-refractivity contribution < 1.29 is 9.63 Å². The summed E-state index contributed by atoms with van der Waals surface area (Å²) >= 11 is 6.18. The van der Waals surface area contributed by atoms with E-state index < -0.39 is 0 Å². The molecule has 1 heterocycles. The molecule has 0 spiro atoms. The normalized spacial score (nSPS) is 11.5. The number of benzene rings is 2. The molecule has 2 N–H and O–H groups in total. The fourth-order valence-electron chi connectivity index (χ4n) is 3.48. The first kappa shape index (κ1) is 24.3. The molecule has 3 aromatic rings. The highest BCUT2D eigenvalue weighted by atomic mass is 35.5. The first-order valence-corrected chi connectivity index (χ1v) is 11.2. The molecule has 0 saturated heterocycles. The summed E-state index contributed by atoms with van der Waals surface area (Å²) in [6, 6.07) is 15.8. The van der Waals surface area contributed by atoms with E-state index in [2.05, 4.69) is 11.7 Å². The Balaban J connectivity index is 1.64. The van der Waals surface area contributed by atoms with Gasteiger partial charge in [-0.3, -0.25) is 4.79 Å². The van der Waals surface area contributed by atoms with Crippen molar-refractivity contribution in [2.24, 2.45) is 5.16 Å². The standard InChI is InChI=1S/C27H30ClN3O2/c1-17-6-11-23(12-7-17)20(4)30-33-21(5)25-14-19(3)31(27(25)29)16-24(32)13-10-22-9-8-18(2)26(28)15-22/h6-9,11-12,14-15H,5,10,13,16,29H2,1-4H3/b30-20+. The van der Waals surface area contributed by atoms with Crippen molar-refractivity contribution in [3.05, 3.63) is 93.6 Å². The predicted molar refractivity (Wildman–Crippen MR) is 137 cm³/mol. The third kappa shape index (κ3) is 6.14. The van der Waals surface area contributed by atoms with E-state index in [0.717, 1.165) is 28.1 Å². The Kier molecular flexibility index (Phi) is 7.77. The quantitative estimate of drug-likeness (QED) is 0.231. The maximum absolute atomic E-state index is 12.6. The molecular formula is C27H30ClN3O2. The second-order valence-corrected chi connectivity index (χ2v) is 8.76. The highest BCUT2D eigenvalue weighted by Crippen LogP contribution is 2.26. The number of oxime groups is 1. The van der Waals surface area contributed by atoms with Crippen molar-refractivity contribution in [1.29, 1.82) is 0 Å². The Bertz CT molecular complexity index is 1210. The van der Waals surface area contributed by atoms with E-state index in [9.17, 15) is 4.79 Å². The van der Waals surface area contributed by atoms with Gasteiger partial charge >= 0.3 is 0 Å². The molecule has 0 atom stereocenters. The molecule has 0 aliphatic rings. The van der Waals surface area contributed by atoms with E-state index in [1.54, 1.807) is 4.57 Å². The largest absolute Gasteiger partial charge is 0.384 e. The van der Waals surface area contributed by atoms with Crippen LogP contribution >= 0.6 is 11.6 Å². The van der Waals surface area contributed by atoms with Gasteiger partial charge in [-0.1, -0.05) is 65.3 Å². The van der Waals surface area contributed by atoms with Gasteiger partial charge < -0.3 is 15.1 Å². The van der Waals surface area contributed by atoms with Gasteiger partial charge in [0.05, 0.1) is 17.8 Å². The van der Waals surface area contributed by atoms with Gasteiger partial charge in [0.15, 0.2) is 11.5 Å². The molecule has 0 unspecified atom stereocenters. The van der Waals surface area contributed by atoms with E-state index >= 15 is 0 Å². The number of aromatic nitrogens is 1. The van der Waals surface area contributed by atoms with Crippen LogP contribution in [0.1, 0.15) is 46.9 Å². The van der Waals surface area contributed by atoms with Crippen molar-refractivity contribution in [1.82, 2.24) is 4.57 Å². The number of anilines is 1. The van der Waals surface area contributed by atoms with Crippen LogP contribution in [0.5, 0.6) is 0 Å². The van der Waals surface area contributed by atoms with Crippen molar-refractivity contribution >= 4 is 34.7 Å². The van der Waals surface area contributed by atoms with Crippen LogP contribution in [0.4, 0.5) is 5.82 Å². The zero-order valence-corrected chi connectivity index (χ0v) is 20.4. The number of nitrogen functional groups attached to an aromatic ring is 1. The number of carbonyl (C=O) groups excluding carboxylic acids is 1. The lowest BCUT2D eigenvalue weighted by molar-refractivity contribution is -0.119. The number of carbonyl (C=O) groups is 1. The fraction of sp³-hybridized carbons (Fsp3) is 0.259. The fourth-order valence-corrected chi connectivity index (χ4v) is 3.68. The average Bonchev–Trinajstić information content (AvgIpc) is 3.07. The van der Waals surface area contributed by atoms with Crippen LogP contribution in [0, 0.1) is 20.8 Å². The molecule has 0 bridgehead atoms. The highest BCUT2D eigenvalue weighted by molar-refractivity contribution is 6.31. The maximum atomic E-state index is 12.6. The molecular weight excluding hydrogens is 434 g/mol. The monoisotopic (exact) mass is 463 g/mol. The molecule has 0 radical (unpaired) electrons. The van der Waals surface area contributed by atoms with Crippen molar-refractivity contribution in [3.63, 3.8) is 0 Å². The third-order valence-electron chi connectivity index (χ3n) is 5.67. The molecule has 0 amide bonds. The number of ketones is 1. The van der Waals surface area contributed by atoms with Gasteiger partial charge in [-0.25, -0.2) is 0 Å². The Morgan fingerprint density at radius 1 is 1.12 bits per heavy atom. The number of rotatable bonds is 9. The summed E-state index contributed by atoms with van der Waals surface area (Å²) in [4.78, 5) is 18.2. The number of hydrogen-bond donors (Lipinski definition) is 1. The Hall–Kier alpha value is -3.31. The van der Waals surface area contributed by atoms with Gasteiger partial charge in [0.2, 0.25) is 0 Å². The molecule has 0 fully saturated rings. The molecule has 2 aromatic carbocycles. The number of aryl methyl sites for hydroxylation is 4. The number of hydrogen-bond acceptors (Lipinski definition) is 4. The maximum Gasteiger partial charge on any atom is 0.161 e. The summed E-state index contributed by atoms with van der Waals surface area (Å²) in [5.41, 5.74) is 12.8. The minimum atomic E-state index is 0.0865. The summed E-state index contributed by atoms with van der Waals surface area (Å²) in [7, 11) is 0. The average molecular weight is 464 g/mol. The van der Waals surface area contributed by atoms with Gasteiger partial charge in [-0.05, 0) is 62.9 Å². The van der Waals surface area contributed by atoms with Crippen LogP contribution in [0.2, 0.25) is 5.02 Å². The van der Waals surface area contributed by atoms with Crippen molar-refractivity contribution in [3.8, 4) is 0 Å². The van der Waals surface area contributed by atoms with Crippen molar-refractivity contribution in [2.75, 3.05) is 5.73 Å². The molecule has 6 heteroatoms. The van der Waals surface area contributed by atoms with Crippen LogP contribution in [0.15, 0.2) is 60.3 Å². The van der Waals surface area contributed by atoms with Crippen LogP contribution < -0.4 is 5.73 Å². The van der Waals surface area contributed by atoms with Gasteiger partial charge in [0.1, 0.15) is 5.82 Å². The molecule has 3 rings (SSSR count). The summed E-state index contributed by atoms with van der Waals surface area (Å²) < 4.78 is 1.78. The predicted octanol–water partition coefficient (Wildman–Crippen LogP) is 6.26. The zero-order chi connectivity index (χ0) is 24.1. The molecule has 0 aliphatic carbocycles. The van der Waals surface area contributed by atoms with E-state index in [1.807, 2.05) is 76.2 Å². The Morgan fingerprint density at radius 2 is 1.82 bits per heavy atom. The van der Waals surface area contributed by atoms with Crippen LogP contribution in [0.3, 0.4) is 0 Å². The van der Waals surface area contributed by atoms with E-state index in [-0.39, 0.29) is 12.3 Å². The van der Waals surface area contributed by atoms with E-state index in [4.69, 9.17) is 22.2 Å². The zero-order valence-electron chi connectivity index (χ0n) is 19.6. The third-order valence-corrected chi connectivity index (χ3v) is 6.08. The molecule has 5 nitrogen and oxygen atoms in total. The SMILES string of the molecule is C=C(O/N=C(\C)c1ccc(C)cc1)c1cc(C)n(CC(=O)CCc2ccc(C)c(Cl)c2)c1N. The van der Waals surface area contributed by atoms with Crippen LogP contribution in [-0.2, 0) is 22.6 Å². The summed E-state index contributed by atoms with van der Waals surface area (Å²) in [5, 5.41) is 4.91. The Morgan fingerprint density at radius 3 is 2.48 bits per heavy atom. The Labute approximate surface area is 200 Å². The van der Waals surface area contributed by atoms with Crippen molar-refractivity contribution in [2.45, 2.75) is 47.1 Å². The van der Waals surface area contributed by atoms with E-state index in [1.165, 1.54) is 5.56 Å². The first-order valence-electron chi connectivity index (χ1n) is 10.9. The molecule has 0 saturated carbocycles. The number of Topliss-reactive ketones (excluding diaryl/α,β-unsaturated/α-hetero) is 1. The summed E-state index contributed by atoms with van der Waals surface area (Å²) in [5.74, 6) is 0.860. The second-order valence-electron chi connectivity index (χ2n) is 8.35. The summed E-state index contributed by atoms with van der Waals surface area (Å²) in [6.07, 6.45) is 1.04. The van der Waals surface area contributed by atoms with Gasteiger partial charge in [0.25, 0.3) is 0 Å². The molecule has 0 aliphatic heterocycles. The van der Waals surface area contributed by atoms with Crippen LogP contribution in [0.25, 0.3) is 5.76 Å². The minimum Gasteiger partial charge on any atom is -0.384 e. The summed E-state index contributed by atoms with van der Waals surface area (Å²) in [6.45, 7) is 11.9. The van der Waals surface area contributed by atoms with Gasteiger partial charge in [-0.15, -0.1) is 0 Å². The van der Waals surface area contributed by atoms with Gasteiger partial charge in [-0.2, -0.15) is 0 Å². The van der Waals surface area contributed by atoms with E-state index in [0.29, 0.717) is 35.0 Å².